The Morgan fingerprint density at radius 3 is 2.31 bits per heavy atom. The number of hydrogen-bond donors (Lipinski definition) is 1. The topological polar surface area (TPSA) is 44.5 Å². The summed E-state index contributed by atoms with van der Waals surface area (Å²) in [6, 6.07) is 24.5. The molecule has 0 bridgehead atoms. The van der Waals surface area contributed by atoms with Crippen molar-refractivity contribution in [2.75, 3.05) is 13.2 Å². The minimum Gasteiger partial charge on any atom is -0.492 e. The Morgan fingerprint density at radius 1 is 0.808 bits per heavy atom. The van der Waals surface area contributed by atoms with Crippen molar-refractivity contribution in [1.82, 2.24) is 0 Å². The molecule has 0 heterocycles. The van der Waals surface area contributed by atoms with Crippen LogP contribution in [0.4, 0.5) is 0 Å². The van der Waals surface area contributed by atoms with E-state index in [0.717, 1.165) is 28.2 Å². The predicted octanol–water partition coefficient (Wildman–Crippen LogP) is 5.00. The first-order valence-corrected chi connectivity index (χ1v) is 8.47. The first-order chi connectivity index (χ1) is 12.3. The highest BCUT2D eigenvalue weighted by Crippen LogP contribution is 2.29. The van der Waals surface area contributed by atoms with Gasteiger partial charge in [-0.15, -0.1) is 12.4 Å². The van der Waals surface area contributed by atoms with Crippen LogP contribution in [0.5, 0.6) is 11.5 Å². The third kappa shape index (κ3) is 5.25. The molecular weight excluding hydrogens is 346 g/mol. The van der Waals surface area contributed by atoms with Crippen LogP contribution in [0.3, 0.4) is 0 Å². The maximum atomic E-state index is 5.93. The highest BCUT2D eigenvalue weighted by molar-refractivity contribution is 5.85. The molecule has 3 aromatic carbocycles. The smallest absolute Gasteiger partial charge is 0.120 e. The molecule has 0 aliphatic rings. The maximum absolute atomic E-state index is 5.93. The summed E-state index contributed by atoms with van der Waals surface area (Å²) in [5.41, 5.74) is 10.1. The lowest BCUT2D eigenvalue weighted by Gasteiger charge is -2.12. The van der Waals surface area contributed by atoms with Gasteiger partial charge in [0.2, 0.25) is 0 Å². The Bertz CT molecular complexity index is 821. The minimum atomic E-state index is 0. The molecule has 0 spiro atoms. The third-order valence-electron chi connectivity index (χ3n) is 3.98. The minimum absolute atomic E-state index is 0. The molecule has 0 radical (unpaired) electrons. The molecule has 0 aromatic heterocycles. The van der Waals surface area contributed by atoms with E-state index in [1.165, 1.54) is 5.56 Å². The van der Waals surface area contributed by atoms with Gasteiger partial charge in [0.25, 0.3) is 0 Å². The van der Waals surface area contributed by atoms with Gasteiger partial charge in [0, 0.05) is 6.54 Å². The fraction of sp³-hybridized carbons (Fsp3) is 0.182. The Labute approximate surface area is 161 Å². The first kappa shape index (κ1) is 19.8. The Kier molecular flexibility index (Phi) is 7.52. The summed E-state index contributed by atoms with van der Waals surface area (Å²) in [6.07, 6.45) is 0. The molecular formula is C22H24ClNO2. The van der Waals surface area contributed by atoms with E-state index in [4.69, 9.17) is 15.2 Å². The van der Waals surface area contributed by atoms with Gasteiger partial charge in [-0.1, -0.05) is 48.5 Å². The molecule has 136 valence electrons. The molecule has 26 heavy (non-hydrogen) atoms. The van der Waals surface area contributed by atoms with Gasteiger partial charge in [0.1, 0.15) is 24.7 Å². The number of hydrogen-bond acceptors (Lipinski definition) is 3. The summed E-state index contributed by atoms with van der Waals surface area (Å²) < 4.78 is 11.5. The van der Waals surface area contributed by atoms with Crippen LogP contribution in [-0.2, 0) is 6.61 Å². The second kappa shape index (κ2) is 9.85. The molecule has 0 amide bonds. The number of nitrogens with two attached hydrogens (primary N) is 1. The van der Waals surface area contributed by atoms with Crippen molar-refractivity contribution in [3.8, 4) is 22.6 Å². The normalized spacial score (nSPS) is 10.1. The summed E-state index contributed by atoms with van der Waals surface area (Å²) >= 11 is 0. The van der Waals surface area contributed by atoms with Gasteiger partial charge in [-0.3, -0.25) is 0 Å². The maximum Gasteiger partial charge on any atom is 0.120 e. The van der Waals surface area contributed by atoms with Gasteiger partial charge < -0.3 is 15.2 Å². The van der Waals surface area contributed by atoms with Crippen LogP contribution in [0.2, 0.25) is 0 Å². The monoisotopic (exact) mass is 369 g/mol. The molecule has 0 atom stereocenters. The van der Waals surface area contributed by atoms with E-state index >= 15 is 0 Å². The van der Waals surface area contributed by atoms with E-state index < -0.39 is 0 Å². The molecule has 3 aromatic rings. The lowest BCUT2D eigenvalue weighted by Crippen LogP contribution is -2.10. The van der Waals surface area contributed by atoms with Crippen LogP contribution in [0.1, 0.15) is 11.1 Å². The Morgan fingerprint density at radius 2 is 1.58 bits per heavy atom. The first-order valence-electron chi connectivity index (χ1n) is 8.47. The van der Waals surface area contributed by atoms with Crippen molar-refractivity contribution in [2.45, 2.75) is 13.5 Å². The van der Waals surface area contributed by atoms with Crippen LogP contribution in [0.25, 0.3) is 11.1 Å². The van der Waals surface area contributed by atoms with Gasteiger partial charge in [-0.05, 0) is 53.4 Å². The molecule has 3 rings (SSSR count). The van der Waals surface area contributed by atoms with E-state index in [1.54, 1.807) is 0 Å². The van der Waals surface area contributed by atoms with Gasteiger partial charge >= 0.3 is 0 Å². The Hall–Kier alpha value is -2.49. The van der Waals surface area contributed by atoms with E-state index in [1.807, 2.05) is 42.5 Å². The summed E-state index contributed by atoms with van der Waals surface area (Å²) in [5, 5.41) is 0. The predicted molar refractivity (Wildman–Crippen MR) is 109 cm³/mol. The van der Waals surface area contributed by atoms with Crippen LogP contribution in [0, 0.1) is 6.92 Å². The highest BCUT2D eigenvalue weighted by Gasteiger charge is 2.05. The van der Waals surface area contributed by atoms with Crippen molar-refractivity contribution in [3.63, 3.8) is 0 Å². The largest absolute Gasteiger partial charge is 0.492 e. The van der Waals surface area contributed by atoms with Crippen LogP contribution >= 0.6 is 12.4 Å². The standard InChI is InChI=1S/C22H23NO2.ClH/c1-17-14-21(24-13-12-23)10-11-22(17)19-8-5-9-20(15-19)25-16-18-6-3-2-4-7-18;/h2-11,14-15H,12-13,16,23H2,1H3;1H. The molecule has 3 nitrogen and oxygen atoms in total. The third-order valence-corrected chi connectivity index (χ3v) is 3.98. The van der Waals surface area contributed by atoms with Crippen LogP contribution < -0.4 is 15.2 Å². The zero-order chi connectivity index (χ0) is 17.5. The summed E-state index contributed by atoms with van der Waals surface area (Å²) in [6.45, 7) is 3.69. The highest BCUT2D eigenvalue weighted by atomic mass is 35.5. The van der Waals surface area contributed by atoms with Crippen LogP contribution in [0.15, 0.2) is 72.8 Å². The fourth-order valence-electron chi connectivity index (χ4n) is 2.72. The Balaban J connectivity index is 0.00000243. The van der Waals surface area contributed by atoms with Gasteiger partial charge in [-0.25, -0.2) is 0 Å². The summed E-state index contributed by atoms with van der Waals surface area (Å²) in [5.74, 6) is 1.72. The lowest BCUT2D eigenvalue weighted by atomic mass is 10.0. The molecule has 0 aliphatic heterocycles. The molecule has 2 N–H and O–H groups in total. The van der Waals surface area contributed by atoms with Gasteiger partial charge in [0.15, 0.2) is 0 Å². The van der Waals surface area contributed by atoms with E-state index in [9.17, 15) is 0 Å². The van der Waals surface area contributed by atoms with Gasteiger partial charge in [-0.2, -0.15) is 0 Å². The van der Waals surface area contributed by atoms with Gasteiger partial charge in [0.05, 0.1) is 0 Å². The second-order valence-corrected chi connectivity index (χ2v) is 5.92. The number of rotatable bonds is 7. The van der Waals surface area contributed by atoms with Crippen molar-refractivity contribution < 1.29 is 9.47 Å². The SMILES string of the molecule is Cc1cc(OCCN)ccc1-c1cccc(OCc2ccccc2)c1.Cl. The summed E-state index contributed by atoms with van der Waals surface area (Å²) in [4.78, 5) is 0. The number of halogens is 1. The molecule has 0 unspecified atom stereocenters. The quantitative estimate of drug-likeness (QED) is 0.637. The van der Waals surface area contributed by atoms with E-state index in [0.29, 0.717) is 19.8 Å². The number of aryl methyl sites for hydroxylation is 1. The zero-order valence-electron chi connectivity index (χ0n) is 14.9. The average Bonchev–Trinajstić information content (AvgIpc) is 2.66. The van der Waals surface area contributed by atoms with Crippen LogP contribution in [-0.4, -0.2) is 13.2 Å². The average molecular weight is 370 g/mol. The van der Waals surface area contributed by atoms with E-state index in [-0.39, 0.29) is 12.4 Å². The number of ether oxygens (including phenoxy) is 2. The summed E-state index contributed by atoms with van der Waals surface area (Å²) in [7, 11) is 0. The van der Waals surface area contributed by atoms with E-state index in [2.05, 4.69) is 37.3 Å². The second-order valence-electron chi connectivity index (χ2n) is 5.92. The molecule has 0 aliphatic carbocycles. The number of benzene rings is 3. The molecule has 4 heteroatoms. The molecule has 0 saturated carbocycles. The van der Waals surface area contributed by atoms with Crippen molar-refractivity contribution in [2.24, 2.45) is 5.73 Å². The van der Waals surface area contributed by atoms with Crippen molar-refractivity contribution in [1.29, 1.82) is 0 Å². The lowest BCUT2D eigenvalue weighted by molar-refractivity contribution is 0.306. The fourth-order valence-corrected chi connectivity index (χ4v) is 2.72. The van der Waals surface area contributed by atoms with Crippen molar-refractivity contribution in [3.05, 3.63) is 83.9 Å². The zero-order valence-corrected chi connectivity index (χ0v) is 15.7. The van der Waals surface area contributed by atoms with Crippen molar-refractivity contribution >= 4 is 12.4 Å². The molecule has 0 fully saturated rings. The molecule has 0 saturated heterocycles.